The number of hydrogen-bond donors (Lipinski definition) is 0. The van der Waals surface area contributed by atoms with E-state index in [1.165, 1.54) is 31.4 Å². The second-order valence-electron chi connectivity index (χ2n) is 3.99. The molecule has 1 rings (SSSR count). The van der Waals surface area contributed by atoms with Crippen LogP contribution in [0.25, 0.3) is 0 Å². The van der Waals surface area contributed by atoms with Crippen molar-refractivity contribution in [2.75, 3.05) is 0 Å². The lowest BCUT2D eigenvalue weighted by atomic mass is 9.89. The smallest absolute Gasteiger partial charge is 0.0442 e. The molecule has 1 aliphatic carbocycles. The Bertz CT molecular complexity index is 147. The van der Waals surface area contributed by atoms with Crippen molar-refractivity contribution in [1.82, 2.24) is 0 Å². The van der Waals surface area contributed by atoms with Gasteiger partial charge in [-0.25, -0.2) is 0 Å². The molecule has 1 saturated carbocycles. The van der Waals surface area contributed by atoms with Crippen LogP contribution in [0.5, 0.6) is 0 Å². The van der Waals surface area contributed by atoms with Gasteiger partial charge in [0.2, 0.25) is 0 Å². The fourth-order valence-electron chi connectivity index (χ4n) is 1.74. The van der Waals surface area contributed by atoms with Gasteiger partial charge in [-0.15, -0.1) is 0 Å². The molecule has 0 heterocycles. The molecule has 0 aromatic heterocycles. The molecule has 0 radical (unpaired) electrons. The maximum atomic E-state index is 4.60. The highest BCUT2D eigenvalue weighted by molar-refractivity contribution is 5.85. The minimum Gasteiger partial charge on any atom is -0.291 e. The molecule has 11 heavy (non-hydrogen) atoms. The Hall–Kier alpha value is -0.330. The Labute approximate surface area is 69.9 Å². The van der Waals surface area contributed by atoms with E-state index in [2.05, 4.69) is 25.8 Å². The van der Waals surface area contributed by atoms with Crippen molar-refractivity contribution in [3.63, 3.8) is 0 Å². The average molecular weight is 153 g/mol. The average Bonchev–Trinajstić information content (AvgIpc) is 1.85. The molecule has 1 unspecified atom stereocenters. The van der Waals surface area contributed by atoms with Gasteiger partial charge in [0.15, 0.2) is 0 Å². The number of aliphatic imine (C=N–C) groups is 1. The molecular weight excluding hydrogens is 134 g/mol. The number of hydrogen-bond acceptors (Lipinski definition) is 1. The zero-order valence-electron chi connectivity index (χ0n) is 7.93. The highest BCUT2D eigenvalue weighted by Crippen LogP contribution is 2.21. The van der Waals surface area contributed by atoms with E-state index in [-0.39, 0.29) is 0 Å². The van der Waals surface area contributed by atoms with Crippen LogP contribution in [-0.2, 0) is 0 Å². The van der Waals surface area contributed by atoms with Gasteiger partial charge in [0.25, 0.3) is 0 Å². The van der Waals surface area contributed by atoms with E-state index in [0.717, 1.165) is 5.92 Å². The zero-order chi connectivity index (χ0) is 8.27. The van der Waals surface area contributed by atoms with Crippen LogP contribution in [0.4, 0.5) is 0 Å². The molecule has 1 fully saturated rings. The van der Waals surface area contributed by atoms with Crippen LogP contribution >= 0.6 is 0 Å². The van der Waals surface area contributed by atoms with Gasteiger partial charge in [0.1, 0.15) is 0 Å². The fourth-order valence-corrected chi connectivity index (χ4v) is 1.74. The van der Waals surface area contributed by atoms with Crippen LogP contribution in [0.2, 0.25) is 0 Å². The Kier molecular flexibility index (Phi) is 3.10. The predicted octanol–water partition coefficient (Wildman–Crippen LogP) is 3.05. The lowest BCUT2D eigenvalue weighted by Gasteiger charge is -2.19. The molecule has 0 spiro atoms. The Morgan fingerprint density at radius 1 is 1.45 bits per heavy atom. The van der Waals surface area contributed by atoms with Crippen molar-refractivity contribution < 1.29 is 0 Å². The van der Waals surface area contributed by atoms with Gasteiger partial charge in [0, 0.05) is 11.8 Å². The standard InChI is InChI=1S/C10H19N/c1-8(2)11-10-6-4-5-9(3)7-10/h8-9H,4-7H2,1-3H3/b11-10+. The maximum absolute atomic E-state index is 4.60. The van der Waals surface area contributed by atoms with Crippen molar-refractivity contribution in [2.45, 2.75) is 52.5 Å². The van der Waals surface area contributed by atoms with Gasteiger partial charge >= 0.3 is 0 Å². The van der Waals surface area contributed by atoms with Gasteiger partial charge in [-0.3, -0.25) is 4.99 Å². The molecule has 0 amide bonds. The SMILES string of the molecule is CC1CCC/C(=N\C(C)C)C1. The number of nitrogens with zero attached hydrogens (tertiary/aromatic N) is 1. The first-order valence-electron chi connectivity index (χ1n) is 4.74. The van der Waals surface area contributed by atoms with E-state index < -0.39 is 0 Å². The van der Waals surface area contributed by atoms with Crippen LogP contribution < -0.4 is 0 Å². The molecular formula is C10H19N. The third kappa shape index (κ3) is 3.04. The van der Waals surface area contributed by atoms with Gasteiger partial charge in [-0.2, -0.15) is 0 Å². The first kappa shape index (κ1) is 8.76. The van der Waals surface area contributed by atoms with Crippen LogP contribution in [0, 0.1) is 5.92 Å². The van der Waals surface area contributed by atoms with Crippen LogP contribution in [0.1, 0.15) is 46.5 Å². The first-order valence-corrected chi connectivity index (χ1v) is 4.74. The van der Waals surface area contributed by atoms with Crippen LogP contribution in [0.15, 0.2) is 4.99 Å². The second kappa shape index (κ2) is 3.89. The molecule has 0 N–H and O–H groups in total. The summed E-state index contributed by atoms with van der Waals surface area (Å²) in [6, 6.07) is 0.496. The summed E-state index contributed by atoms with van der Waals surface area (Å²) >= 11 is 0. The fraction of sp³-hybridized carbons (Fsp3) is 0.900. The van der Waals surface area contributed by atoms with Gasteiger partial charge in [0.05, 0.1) is 0 Å². The molecule has 0 aliphatic heterocycles. The second-order valence-corrected chi connectivity index (χ2v) is 3.99. The summed E-state index contributed by atoms with van der Waals surface area (Å²) in [6.07, 6.45) is 5.25. The third-order valence-electron chi connectivity index (χ3n) is 2.19. The van der Waals surface area contributed by atoms with E-state index in [1.54, 1.807) is 0 Å². The van der Waals surface area contributed by atoms with Gasteiger partial charge < -0.3 is 0 Å². The Balaban J connectivity index is 2.45. The quantitative estimate of drug-likeness (QED) is 0.549. The van der Waals surface area contributed by atoms with Crippen molar-refractivity contribution >= 4 is 5.71 Å². The van der Waals surface area contributed by atoms with Crippen molar-refractivity contribution in [2.24, 2.45) is 10.9 Å². The minimum absolute atomic E-state index is 0.496. The molecule has 1 nitrogen and oxygen atoms in total. The van der Waals surface area contributed by atoms with Crippen molar-refractivity contribution in [3.8, 4) is 0 Å². The van der Waals surface area contributed by atoms with Crippen molar-refractivity contribution in [1.29, 1.82) is 0 Å². The van der Waals surface area contributed by atoms with E-state index in [9.17, 15) is 0 Å². The molecule has 0 bridgehead atoms. The maximum Gasteiger partial charge on any atom is 0.0442 e. The third-order valence-corrected chi connectivity index (χ3v) is 2.19. The number of rotatable bonds is 1. The molecule has 0 aromatic carbocycles. The molecule has 64 valence electrons. The topological polar surface area (TPSA) is 12.4 Å². The lowest BCUT2D eigenvalue weighted by molar-refractivity contribution is 0.497. The first-order chi connectivity index (χ1) is 5.18. The molecule has 1 atom stereocenters. The highest BCUT2D eigenvalue weighted by Gasteiger charge is 2.13. The zero-order valence-corrected chi connectivity index (χ0v) is 7.93. The lowest BCUT2D eigenvalue weighted by Crippen LogP contribution is -2.14. The summed E-state index contributed by atoms with van der Waals surface area (Å²) in [4.78, 5) is 4.60. The Morgan fingerprint density at radius 2 is 2.18 bits per heavy atom. The highest BCUT2D eigenvalue weighted by atomic mass is 14.8. The normalized spacial score (nSPS) is 29.8. The molecule has 1 aliphatic rings. The monoisotopic (exact) mass is 153 g/mol. The molecule has 1 heteroatoms. The minimum atomic E-state index is 0.496. The summed E-state index contributed by atoms with van der Waals surface area (Å²) in [6.45, 7) is 6.65. The predicted molar refractivity (Wildman–Crippen MR) is 50.2 cm³/mol. The Morgan fingerprint density at radius 3 is 2.73 bits per heavy atom. The van der Waals surface area contributed by atoms with Crippen molar-refractivity contribution in [3.05, 3.63) is 0 Å². The van der Waals surface area contributed by atoms with Crippen LogP contribution in [0.3, 0.4) is 0 Å². The summed E-state index contributed by atoms with van der Waals surface area (Å²) in [7, 11) is 0. The van der Waals surface area contributed by atoms with Crippen LogP contribution in [-0.4, -0.2) is 11.8 Å². The van der Waals surface area contributed by atoms with E-state index >= 15 is 0 Å². The van der Waals surface area contributed by atoms with Gasteiger partial charge in [-0.1, -0.05) is 6.92 Å². The van der Waals surface area contributed by atoms with Gasteiger partial charge in [-0.05, 0) is 45.4 Å². The van der Waals surface area contributed by atoms with E-state index in [4.69, 9.17) is 0 Å². The summed E-state index contributed by atoms with van der Waals surface area (Å²) < 4.78 is 0. The largest absolute Gasteiger partial charge is 0.291 e. The van der Waals surface area contributed by atoms with E-state index in [1.807, 2.05) is 0 Å². The molecule has 0 saturated heterocycles. The van der Waals surface area contributed by atoms with E-state index in [0.29, 0.717) is 6.04 Å². The summed E-state index contributed by atoms with van der Waals surface area (Å²) in [5, 5.41) is 0. The summed E-state index contributed by atoms with van der Waals surface area (Å²) in [5.41, 5.74) is 1.46. The summed E-state index contributed by atoms with van der Waals surface area (Å²) in [5.74, 6) is 0.876. The molecule has 0 aromatic rings.